The van der Waals surface area contributed by atoms with Gasteiger partial charge >= 0.3 is 0 Å². The molecule has 0 radical (unpaired) electrons. The Morgan fingerprint density at radius 2 is 1.68 bits per heavy atom. The Balaban J connectivity index is 2.01. The molecule has 2 aromatic carbocycles. The third kappa shape index (κ3) is 5.92. The van der Waals surface area contributed by atoms with Crippen LogP contribution in [0, 0.1) is 0 Å². The lowest BCUT2D eigenvalue weighted by Gasteiger charge is -2.09. The molecule has 1 N–H and O–H groups in total. The average Bonchev–Trinajstić information content (AvgIpc) is 2.53. The number of carbonyl (C=O) groups is 1. The van der Waals surface area contributed by atoms with Crippen LogP contribution in [-0.2, 0) is 20.4 Å². The first kappa shape index (κ1) is 19.6. The van der Waals surface area contributed by atoms with Crippen molar-refractivity contribution in [2.75, 3.05) is 17.7 Å². The summed E-state index contributed by atoms with van der Waals surface area (Å²) in [5.74, 6) is -1.03. The normalized spacial score (nSPS) is 11.2. The first-order chi connectivity index (χ1) is 11.8. The van der Waals surface area contributed by atoms with E-state index in [0.29, 0.717) is 23.6 Å². The molecule has 0 saturated heterocycles. The number of hydrogen-bond donors (Lipinski definition) is 1. The van der Waals surface area contributed by atoms with Crippen LogP contribution < -0.4 is 10.1 Å². The maximum Gasteiger partial charge on any atom is 0.239 e. The molecule has 134 valence electrons. The SMILES string of the molecule is CCOc1ccc(NC(=O)CS(=O)(=O)Cc2c(Cl)cccc2Cl)cc1. The second kappa shape index (κ2) is 8.56. The summed E-state index contributed by atoms with van der Waals surface area (Å²) in [6.45, 7) is 2.40. The highest BCUT2D eigenvalue weighted by Crippen LogP contribution is 2.26. The molecule has 25 heavy (non-hydrogen) atoms. The molecule has 0 bridgehead atoms. The largest absolute Gasteiger partial charge is 0.494 e. The molecule has 0 aliphatic carbocycles. The summed E-state index contributed by atoms with van der Waals surface area (Å²) >= 11 is 12.0. The summed E-state index contributed by atoms with van der Waals surface area (Å²) < 4.78 is 29.8. The molecule has 0 atom stereocenters. The number of rotatable bonds is 7. The highest BCUT2D eigenvalue weighted by molar-refractivity contribution is 7.91. The minimum absolute atomic E-state index is 0.253. The Morgan fingerprint density at radius 1 is 1.08 bits per heavy atom. The molecule has 1 amide bonds. The molecular weight excluding hydrogens is 385 g/mol. The zero-order valence-corrected chi connectivity index (χ0v) is 15.8. The van der Waals surface area contributed by atoms with Crippen molar-refractivity contribution in [3.63, 3.8) is 0 Å². The molecular formula is C17H17Cl2NO4S. The van der Waals surface area contributed by atoms with Crippen LogP contribution in [0.2, 0.25) is 10.0 Å². The lowest BCUT2D eigenvalue weighted by Crippen LogP contribution is -2.24. The number of carbonyl (C=O) groups excluding carboxylic acids is 1. The summed E-state index contributed by atoms with van der Waals surface area (Å²) in [5.41, 5.74) is 0.777. The third-order valence-electron chi connectivity index (χ3n) is 3.23. The summed E-state index contributed by atoms with van der Waals surface area (Å²) in [5, 5.41) is 3.05. The van der Waals surface area contributed by atoms with Gasteiger partial charge in [0.1, 0.15) is 11.5 Å². The number of sulfone groups is 1. The Hall–Kier alpha value is -1.76. The van der Waals surface area contributed by atoms with Crippen LogP contribution in [0.3, 0.4) is 0 Å². The Kier molecular flexibility index (Phi) is 6.70. The van der Waals surface area contributed by atoms with Gasteiger partial charge in [0.15, 0.2) is 9.84 Å². The van der Waals surface area contributed by atoms with Crippen LogP contribution in [0.15, 0.2) is 42.5 Å². The van der Waals surface area contributed by atoms with Crippen LogP contribution in [0.5, 0.6) is 5.75 Å². The first-order valence-corrected chi connectivity index (χ1v) is 10.0. The van der Waals surface area contributed by atoms with Gasteiger partial charge in [-0.1, -0.05) is 29.3 Å². The number of halogens is 2. The molecule has 0 aliphatic rings. The van der Waals surface area contributed by atoms with Crippen molar-refractivity contribution in [1.82, 2.24) is 0 Å². The van der Waals surface area contributed by atoms with Crippen molar-refractivity contribution < 1.29 is 17.9 Å². The molecule has 5 nitrogen and oxygen atoms in total. The number of ether oxygens (including phenoxy) is 1. The second-order valence-electron chi connectivity index (χ2n) is 5.24. The van der Waals surface area contributed by atoms with Crippen LogP contribution in [-0.4, -0.2) is 26.7 Å². The monoisotopic (exact) mass is 401 g/mol. The van der Waals surface area contributed by atoms with Crippen molar-refractivity contribution in [2.24, 2.45) is 0 Å². The van der Waals surface area contributed by atoms with E-state index in [4.69, 9.17) is 27.9 Å². The average molecular weight is 402 g/mol. The van der Waals surface area contributed by atoms with Crippen LogP contribution in [0.1, 0.15) is 12.5 Å². The van der Waals surface area contributed by atoms with E-state index < -0.39 is 27.3 Å². The topological polar surface area (TPSA) is 72.5 Å². The molecule has 0 saturated carbocycles. The Labute approximate surface area is 156 Å². The van der Waals surface area contributed by atoms with E-state index in [-0.39, 0.29) is 10.0 Å². The highest BCUT2D eigenvalue weighted by Gasteiger charge is 2.20. The summed E-state index contributed by atoms with van der Waals surface area (Å²) in [7, 11) is -3.72. The van der Waals surface area contributed by atoms with Crippen molar-refractivity contribution in [3.8, 4) is 5.75 Å². The number of amides is 1. The van der Waals surface area contributed by atoms with Crippen molar-refractivity contribution >= 4 is 44.6 Å². The van der Waals surface area contributed by atoms with Gasteiger partial charge in [0, 0.05) is 21.3 Å². The van der Waals surface area contributed by atoms with Crippen molar-refractivity contribution in [2.45, 2.75) is 12.7 Å². The van der Waals surface area contributed by atoms with E-state index in [2.05, 4.69) is 5.32 Å². The van der Waals surface area contributed by atoms with Gasteiger partial charge in [0.25, 0.3) is 0 Å². The maximum absolute atomic E-state index is 12.2. The molecule has 2 aromatic rings. The van der Waals surface area contributed by atoms with Crippen LogP contribution in [0.25, 0.3) is 0 Å². The molecule has 0 unspecified atom stereocenters. The first-order valence-electron chi connectivity index (χ1n) is 7.47. The van der Waals surface area contributed by atoms with Crippen molar-refractivity contribution in [1.29, 1.82) is 0 Å². The van der Waals surface area contributed by atoms with Gasteiger partial charge in [-0.25, -0.2) is 8.42 Å². The standard InChI is InChI=1S/C17H17Cl2NO4S/c1-2-24-13-8-6-12(7-9-13)20-17(21)11-25(22,23)10-14-15(18)4-3-5-16(14)19/h3-9H,2,10-11H2,1H3,(H,20,21). The lowest BCUT2D eigenvalue weighted by molar-refractivity contribution is -0.113. The number of anilines is 1. The van der Waals surface area contributed by atoms with Gasteiger partial charge in [0.2, 0.25) is 5.91 Å². The molecule has 0 spiro atoms. The molecule has 0 aromatic heterocycles. The highest BCUT2D eigenvalue weighted by atomic mass is 35.5. The minimum atomic E-state index is -3.72. The van der Waals surface area contributed by atoms with Gasteiger partial charge in [-0.15, -0.1) is 0 Å². The zero-order chi connectivity index (χ0) is 18.4. The zero-order valence-electron chi connectivity index (χ0n) is 13.5. The van der Waals surface area contributed by atoms with E-state index in [1.54, 1.807) is 42.5 Å². The van der Waals surface area contributed by atoms with E-state index in [0.717, 1.165) is 0 Å². The number of nitrogens with one attached hydrogen (secondary N) is 1. The smallest absolute Gasteiger partial charge is 0.239 e. The van der Waals surface area contributed by atoms with E-state index >= 15 is 0 Å². The summed E-state index contributed by atoms with van der Waals surface area (Å²) in [6.07, 6.45) is 0. The van der Waals surface area contributed by atoms with E-state index in [9.17, 15) is 13.2 Å². The predicted octanol–water partition coefficient (Wildman–Crippen LogP) is 3.95. The molecule has 2 rings (SSSR count). The molecule has 8 heteroatoms. The summed E-state index contributed by atoms with van der Waals surface area (Å²) in [6, 6.07) is 11.4. The predicted molar refractivity (Wildman–Crippen MR) is 100 cm³/mol. The van der Waals surface area contributed by atoms with Crippen LogP contribution in [0.4, 0.5) is 5.69 Å². The van der Waals surface area contributed by atoms with Gasteiger partial charge in [-0.3, -0.25) is 4.79 Å². The van der Waals surface area contributed by atoms with Gasteiger partial charge < -0.3 is 10.1 Å². The van der Waals surface area contributed by atoms with Gasteiger partial charge in [-0.2, -0.15) is 0 Å². The third-order valence-corrected chi connectivity index (χ3v) is 5.36. The van der Waals surface area contributed by atoms with E-state index in [1.807, 2.05) is 6.92 Å². The molecule has 0 fully saturated rings. The quantitative estimate of drug-likeness (QED) is 0.762. The molecule has 0 aliphatic heterocycles. The molecule has 0 heterocycles. The fraction of sp³-hybridized carbons (Fsp3) is 0.235. The maximum atomic E-state index is 12.2. The van der Waals surface area contributed by atoms with Gasteiger partial charge in [-0.05, 0) is 43.3 Å². The van der Waals surface area contributed by atoms with Crippen LogP contribution >= 0.6 is 23.2 Å². The Bertz CT molecular complexity index is 831. The Morgan fingerprint density at radius 3 is 2.24 bits per heavy atom. The number of benzene rings is 2. The minimum Gasteiger partial charge on any atom is -0.494 e. The fourth-order valence-electron chi connectivity index (χ4n) is 2.14. The fourth-order valence-corrected chi connectivity index (χ4v) is 4.15. The van der Waals surface area contributed by atoms with Crippen molar-refractivity contribution in [3.05, 3.63) is 58.1 Å². The summed E-state index contributed by atoms with van der Waals surface area (Å²) in [4.78, 5) is 12.0. The lowest BCUT2D eigenvalue weighted by atomic mass is 10.2. The second-order valence-corrected chi connectivity index (χ2v) is 8.12. The number of hydrogen-bond acceptors (Lipinski definition) is 4. The van der Waals surface area contributed by atoms with E-state index in [1.165, 1.54) is 0 Å². The van der Waals surface area contributed by atoms with Gasteiger partial charge in [0.05, 0.1) is 12.4 Å².